The number of benzene rings is 1. The number of piperidine rings is 1. The van der Waals surface area contributed by atoms with Crippen LogP contribution < -0.4 is 9.47 Å². The van der Waals surface area contributed by atoms with Gasteiger partial charge in [-0.1, -0.05) is 6.07 Å². The first-order chi connectivity index (χ1) is 13.6. The Morgan fingerprint density at radius 2 is 1.64 bits per heavy atom. The van der Waals surface area contributed by atoms with Gasteiger partial charge in [0.25, 0.3) is 11.8 Å². The van der Waals surface area contributed by atoms with Crippen molar-refractivity contribution >= 4 is 17.4 Å². The van der Waals surface area contributed by atoms with Crippen LogP contribution in [0.25, 0.3) is 5.57 Å². The molecule has 0 aromatic heterocycles. The minimum Gasteiger partial charge on any atom is -0.493 e. The van der Waals surface area contributed by atoms with Crippen LogP contribution in [0.15, 0.2) is 23.9 Å². The Bertz CT molecular complexity index is 768. The highest BCUT2D eigenvalue weighted by atomic mass is 16.5. The van der Waals surface area contributed by atoms with E-state index in [4.69, 9.17) is 14.2 Å². The lowest BCUT2D eigenvalue weighted by atomic mass is 10.0. The number of amides is 2. The number of carbonyl (C=O) groups is 2. The molecule has 1 aromatic carbocycles. The number of nitrogens with zero attached hydrogens (tertiary/aromatic N) is 2. The molecule has 0 aliphatic carbocycles. The first-order valence-corrected chi connectivity index (χ1v) is 9.69. The second-order valence-corrected chi connectivity index (χ2v) is 6.95. The Morgan fingerprint density at radius 1 is 0.929 bits per heavy atom. The predicted molar refractivity (Wildman–Crippen MR) is 105 cm³/mol. The van der Waals surface area contributed by atoms with Crippen LogP contribution >= 0.6 is 0 Å². The summed E-state index contributed by atoms with van der Waals surface area (Å²) in [6.45, 7) is 2.43. The minimum absolute atomic E-state index is 0.215. The van der Waals surface area contributed by atoms with E-state index in [1.54, 1.807) is 33.5 Å². The minimum atomic E-state index is -0.256. The van der Waals surface area contributed by atoms with Gasteiger partial charge < -0.3 is 19.1 Å². The molecule has 152 valence electrons. The molecule has 2 aliphatic rings. The molecule has 0 unspecified atom stereocenters. The first kappa shape index (κ1) is 20.2. The lowest BCUT2D eigenvalue weighted by molar-refractivity contribution is -0.137. The van der Waals surface area contributed by atoms with Gasteiger partial charge in [-0.2, -0.15) is 0 Å². The van der Waals surface area contributed by atoms with E-state index in [1.165, 1.54) is 4.90 Å². The van der Waals surface area contributed by atoms with E-state index in [0.717, 1.165) is 32.4 Å². The number of methoxy groups -OCH3 is 3. The average Bonchev–Trinajstić information content (AvgIpc) is 2.98. The topological polar surface area (TPSA) is 68.3 Å². The molecule has 28 heavy (non-hydrogen) atoms. The van der Waals surface area contributed by atoms with Crippen molar-refractivity contribution in [3.05, 3.63) is 29.5 Å². The van der Waals surface area contributed by atoms with Crippen molar-refractivity contribution in [2.45, 2.75) is 25.7 Å². The van der Waals surface area contributed by atoms with E-state index in [9.17, 15) is 9.59 Å². The molecule has 7 heteroatoms. The highest BCUT2D eigenvalue weighted by Gasteiger charge is 2.41. The van der Waals surface area contributed by atoms with Crippen LogP contribution in [0.5, 0.6) is 11.5 Å². The first-order valence-electron chi connectivity index (χ1n) is 9.69. The molecule has 0 radical (unpaired) electrons. The summed E-state index contributed by atoms with van der Waals surface area (Å²) in [6, 6.07) is 5.34. The summed E-state index contributed by atoms with van der Waals surface area (Å²) in [5.41, 5.74) is 1.63. The van der Waals surface area contributed by atoms with E-state index in [0.29, 0.717) is 47.9 Å². The number of rotatable bonds is 8. The van der Waals surface area contributed by atoms with Crippen molar-refractivity contribution in [2.75, 3.05) is 47.6 Å². The summed E-state index contributed by atoms with van der Waals surface area (Å²) in [6.07, 6.45) is 3.80. The van der Waals surface area contributed by atoms with Crippen LogP contribution in [0.2, 0.25) is 0 Å². The standard InChI is InChI=1S/C21H28N2O5/c1-26-13-7-12-23-20(24)18(15-8-9-16(27-2)17(14-15)28-3)19(21(23)25)22-10-5-4-6-11-22/h8-9,14H,4-7,10-13H2,1-3H3. The molecule has 1 fully saturated rings. The largest absolute Gasteiger partial charge is 0.493 e. The van der Waals surface area contributed by atoms with Gasteiger partial charge in [0.15, 0.2) is 11.5 Å². The van der Waals surface area contributed by atoms with Gasteiger partial charge in [0.2, 0.25) is 0 Å². The Hall–Kier alpha value is -2.54. The molecule has 0 saturated carbocycles. The summed E-state index contributed by atoms with van der Waals surface area (Å²) in [7, 11) is 4.73. The third-order valence-corrected chi connectivity index (χ3v) is 5.22. The maximum atomic E-state index is 13.2. The number of hydrogen-bond donors (Lipinski definition) is 0. The molecule has 0 bridgehead atoms. The third-order valence-electron chi connectivity index (χ3n) is 5.22. The zero-order chi connectivity index (χ0) is 20.1. The van der Waals surface area contributed by atoms with E-state index in [1.807, 2.05) is 6.07 Å². The van der Waals surface area contributed by atoms with Gasteiger partial charge in [-0.05, 0) is 43.4 Å². The van der Waals surface area contributed by atoms with Crippen molar-refractivity contribution < 1.29 is 23.8 Å². The highest BCUT2D eigenvalue weighted by molar-refractivity contribution is 6.35. The molecule has 7 nitrogen and oxygen atoms in total. The SMILES string of the molecule is COCCCN1C(=O)C(c2ccc(OC)c(OC)c2)=C(N2CCCCC2)C1=O. The van der Waals surface area contributed by atoms with Crippen LogP contribution in [-0.2, 0) is 14.3 Å². The monoisotopic (exact) mass is 388 g/mol. The van der Waals surface area contributed by atoms with Gasteiger partial charge in [0.1, 0.15) is 5.70 Å². The fourth-order valence-corrected chi connectivity index (χ4v) is 3.80. The molecule has 1 aromatic rings. The molecule has 2 amide bonds. The number of likely N-dealkylation sites (tertiary alicyclic amines) is 1. The summed E-state index contributed by atoms with van der Waals surface area (Å²) in [5.74, 6) is 0.644. The molecule has 0 N–H and O–H groups in total. The normalized spacial score (nSPS) is 17.5. The maximum Gasteiger partial charge on any atom is 0.277 e. The van der Waals surface area contributed by atoms with E-state index >= 15 is 0 Å². The molecular formula is C21H28N2O5. The Balaban J connectivity index is 2.02. The molecule has 0 atom stereocenters. The maximum absolute atomic E-state index is 13.2. The molecule has 2 aliphatic heterocycles. The van der Waals surface area contributed by atoms with Crippen LogP contribution in [0, 0.1) is 0 Å². The van der Waals surface area contributed by atoms with Crippen molar-refractivity contribution in [1.29, 1.82) is 0 Å². The number of imide groups is 1. The molecular weight excluding hydrogens is 360 g/mol. The van der Waals surface area contributed by atoms with Gasteiger partial charge in [-0.15, -0.1) is 0 Å². The zero-order valence-electron chi connectivity index (χ0n) is 16.8. The van der Waals surface area contributed by atoms with Crippen molar-refractivity contribution in [3.8, 4) is 11.5 Å². The van der Waals surface area contributed by atoms with E-state index in [2.05, 4.69) is 4.90 Å². The van der Waals surface area contributed by atoms with Crippen LogP contribution in [0.4, 0.5) is 0 Å². The molecule has 2 heterocycles. The smallest absolute Gasteiger partial charge is 0.277 e. The van der Waals surface area contributed by atoms with Gasteiger partial charge in [0, 0.05) is 33.4 Å². The van der Waals surface area contributed by atoms with Gasteiger partial charge in [-0.25, -0.2) is 0 Å². The van der Waals surface area contributed by atoms with Crippen LogP contribution in [-0.4, -0.2) is 69.2 Å². The predicted octanol–water partition coefficient (Wildman–Crippen LogP) is 2.31. The average molecular weight is 388 g/mol. The number of hydrogen-bond acceptors (Lipinski definition) is 6. The quantitative estimate of drug-likeness (QED) is 0.503. The Morgan fingerprint density at radius 3 is 2.29 bits per heavy atom. The molecule has 1 saturated heterocycles. The highest BCUT2D eigenvalue weighted by Crippen LogP contribution is 2.37. The van der Waals surface area contributed by atoms with Crippen LogP contribution in [0.1, 0.15) is 31.2 Å². The number of ether oxygens (including phenoxy) is 3. The zero-order valence-corrected chi connectivity index (χ0v) is 16.8. The second kappa shape index (κ2) is 9.10. The third kappa shape index (κ3) is 3.85. The second-order valence-electron chi connectivity index (χ2n) is 6.95. The van der Waals surface area contributed by atoms with Crippen molar-refractivity contribution in [3.63, 3.8) is 0 Å². The Kier molecular flexibility index (Phi) is 6.57. The lowest BCUT2D eigenvalue weighted by Crippen LogP contribution is -2.37. The summed E-state index contributed by atoms with van der Waals surface area (Å²) < 4.78 is 15.8. The van der Waals surface area contributed by atoms with Crippen molar-refractivity contribution in [1.82, 2.24) is 9.80 Å². The van der Waals surface area contributed by atoms with Crippen LogP contribution in [0.3, 0.4) is 0 Å². The Labute approximate surface area is 165 Å². The number of carbonyl (C=O) groups excluding carboxylic acids is 2. The fraction of sp³-hybridized carbons (Fsp3) is 0.524. The fourth-order valence-electron chi connectivity index (χ4n) is 3.80. The molecule has 3 rings (SSSR count). The van der Waals surface area contributed by atoms with Gasteiger partial charge >= 0.3 is 0 Å². The lowest BCUT2D eigenvalue weighted by Gasteiger charge is -2.29. The van der Waals surface area contributed by atoms with E-state index in [-0.39, 0.29) is 11.8 Å². The van der Waals surface area contributed by atoms with Gasteiger partial charge in [0.05, 0.1) is 19.8 Å². The summed E-state index contributed by atoms with van der Waals surface area (Å²) >= 11 is 0. The van der Waals surface area contributed by atoms with Crippen molar-refractivity contribution in [2.24, 2.45) is 0 Å². The summed E-state index contributed by atoms with van der Waals surface area (Å²) in [4.78, 5) is 29.8. The summed E-state index contributed by atoms with van der Waals surface area (Å²) in [5, 5.41) is 0. The molecule has 0 spiro atoms. The van der Waals surface area contributed by atoms with E-state index < -0.39 is 0 Å². The van der Waals surface area contributed by atoms with Gasteiger partial charge in [-0.3, -0.25) is 14.5 Å².